The van der Waals surface area contributed by atoms with E-state index >= 15 is 0 Å². The van der Waals surface area contributed by atoms with Crippen LogP contribution in [0.5, 0.6) is 0 Å². The molecule has 1 unspecified atom stereocenters. The van der Waals surface area contributed by atoms with Gasteiger partial charge in [0.2, 0.25) is 5.91 Å². The Morgan fingerprint density at radius 2 is 1.61 bits per heavy atom. The van der Waals surface area contributed by atoms with Crippen molar-refractivity contribution in [1.82, 2.24) is 9.80 Å². The summed E-state index contributed by atoms with van der Waals surface area (Å²) in [4.78, 5) is 17.3. The Hall–Kier alpha value is -1.72. The van der Waals surface area contributed by atoms with E-state index in [1.807, 2.05) is 17.0 Å². The third-order valence-corrected chi connectivity index (χ3v) is 6.08. The molecule has 3 rings (SSSR count). The molecule has 1 aliphatic heterocycles. The van der Waals surface area contributed by atoms with Gasteiger partial charge in [0.1, 0.15) is 5.82 Å². The van der Waals surface area contributed by atoms with Crippen molar-refractivity contribution in [1.29, 1.82) is 0 Å². The van der Waals surface area contributed by atoms with Gasteiger partial charge in [-0.25, -0.2) is 4.39 Å². The van der Waals surface area contributed by atoms with E-state index in [1.165, 1.54) is 17.7 Å². The van der Waals surface area contributed by atoms with Gasteiger partial charge >= 0.3 is 0 Å². The summed E-state index contributed by atoms with van der Waals surface area (Å²) >= 11 is 3.47. The van der Waals surface area contributed by atoms with E-state index in [4.69, 9.17) is 0 Å². The van der Waals surface area contributed by atoms with Crippen molar-refractivity contribution in [2.24, 2.45) is 0 Å². The molecule has 0 aliphatic carbocycles. The molecule has 2 aromatic carbocycles. The summed E-state index contributed by atoms with van der Waals surface area (Å²) in [6, 6.07) is 15.3. The highest BCUT2D eigenvalue weighted by Crippen LogP contribution is 2.17. The molecule has 0 saturated carbocycles. The van der Waals surface area contributed by atoms with Crippen molar-refractivity contribution in [3.05, 3.63) is 69.9 Å². The lowest BCUT2D eigenvalue weighted by Crippen LogP contribution is -2.42. The molecule has 1 fully saturated rings. The second kappa shape index (κ2) is 10.2. The molecule has 1 aliphatic rings. The number of hydrogen-bond donors (Lipinski definition) is 0. The van der Waals surface area contributed by atoms with Crippen LogP contribution in [0.3, 0.4) is 0 Å². The van der Waals surface area contributed by atoms with Crippen LogP contribution < -0.4 is 0 Å². The highest BCUT2D eigenvalue weighted by molar-refractivity contribution is 9.10. The summed E-state index contributed by atoms with van der Waals surface area (Å²) in [5.74, 6) is -0.00952. The van der Waals surface area contributed by atoms with Gasteiger partial charge in [0.05, 0.1) is 6.54 Å². The Balaban J connectivity index is 1.57. The molecule has 0 bridgehead atoms. The molecule has 1 amide bonds. The first-order valence-corrected chi connectivity index (χ1v) is 10.8. The minimum Gasteiger partial charge on any atom is -0.338 e. The van der Waals surface area contributed by atoms with E-state index < -0.39 is 0 Å². The normalized spacial score (nSPS) is 18.3. The van der Waals surface area contributed by atoms with Gasteiger partial charge in [0, 0.05) is 30.1 Å². The lowest BCUT2D eigenvalue weighted by molar-refractivity contribution is -0.133. The standard InChI is InChI=1S/C23H28BrFN2O/c1-2-22-13-15-26(14-11-18-3-7-20(24)8-4-18)17-23(28)27(22)16-12-19-5-9-21(25)10-6-19/h3-10,22H,2,11-17H2,1H3. The van der Waals surface area contributed by atoms with Gasteiger partial charge in [0.25, 0.3) is 0 Å². The van der Waals surface area contributed by atoms with Crippen molar-refractivity contribution in [2.75, 3.05) is 26.2 Å². The number of rotatable bonds is 7. The second-order valence-corrected chi connectivity index (χ2v) is 8.38. The molecule has 0 radical (unpaired) electrons. The largest absolute Gasteiger partial charge is 0.338 e. The zero-order valence-corrected chi connectivity index (χ0v) is 18.0. The molecule has 1 saturated heterocycles. The van der Waals surface area contributed by atoms with Crippen molar-refractivity contribution in [2.45, 2.75) is 38.6 Å². The van der Waals surface area contributed by atoms with Crippen LogP contribution in [0.2, 0.25) is 0 Å². The maximum atomic E-state index is 13.1. The minimum atomic E-state index is -0.220. The number of benzene rings is 2. The molecule has 3 nitrogen and oxygen atoms in total. The van der Waals surface area contributed by atoms with Gasteiger partial charge in [-0.1, -0.05) is 47.1 Å². The van der Waals surface area contributed by atoms with Crippen LogP contribution in [0.15, 0.2) is 53.0 Å². The van der Waals surface area contributed by atoms with Crippen LogP contribution in [0.1, 0.15) is 30.9 Å². The molecule has 0 spiro atoms. The molecule has 0 aromatic heterocycles. The monoisotopic (exact) mass is 446 g/mol. The van der Waals surface area contributed by atoms with Gasteiger partial charge < -0.3 is 4.90 Å². The Morgan fingerprint density at radius 3 is 2.25 bits per heavy atom. The quantitative estimate of drug-likeness (QED) is 0.615. The maximum absolute atomic E-state index is 13.1. The highest BCUT2D eigenvalue weighted by Gasteiger charge is 2.28. The van der Waals surface area contributed by atoms with Gasteiger partial charge in [0.15, 0.2) is 0 Å². The first-order valence-electron chi connectivity index (χ1n) is 10.1. The number of hydrogen-bond acceptors (Lipinski definition) is 2. The van der Waals surface area contributed by atoms with Gasteiger partial charge in [-0.15, -0.1) is 0 Å². The SMILES string of the molecule is CCC1CCN(CCc2ccc(Br)cc2)CC(=O)N1CCc1ccc(F)cc1. The molecular weight excluding hydrogens is 419 g/mol. The topological polar surface area (TPSA) is 23.6 Å². The van der Waals surface area contributed by atoms with Crippen molar-refractivity contribution >= 4 is 21.8 Å². The van der Waals surface area contributed by atoms with Gasteiger partial charge in [-0.05, 0) is 61.1 Å². The van der Waals surface area contributed by atoms with Crippen LogP contribution in [0.25, 0.3) is 0 Å². The fraction of sp³-hybridized carbons (Fsp3) is 0.435. The van der Waals surface area contributed by atoms with Crippen LogP contribution in [0, 0.1) is 5.82 Å². The van der Waals surface area contributed by atoms with Gasteiger partial charge in [-0.2, -0.15) is 0 Å². The van der Waals surface area contributed by atoms with E-state index in [0.29, 0.717) is 13.1 Å². The molecule has 28 heavy (non-hydrogen) atoms. The van der Waals surface area contributed by atoms with Crippen LogP contribution in [0.4, 0.5) is 4.39 Å². The summed E-state index contributed by atoms with van der Waals surface area (Å²) < 4.78 is 14.2. The average molecular weight is 447 g/mol. The zero-order valence-electron chi connectivity index (χ0n) is 16.4. The Bertz CT molecular complexity index is 763. The lowest BCUT2D eigenvalue weighted by Gasteiger charge is -2.29. The first-order chi connectivity index (χ1) is 13.5. The lowest BCUT2D eigenvalue weighted by atomic mass is 10.1. The summed E-state index contributed by atoms with van der Waals surface area (Å²) in [5.41, 5.74) is 2.36. The predicted molar refractivity (Wildman–Crippen MR) is 115 cm³/mol. The van der Waals surface area contributed by atoms with E-state index in [0.717, 1.165) is 48.8 Å². The fourth-order valence-electron chi connectivity index (χ4n) is 3.81. The second-order valence-electron chi connectivity index (χ2n) is 7.47. The molecule has 5 heteroatoms. The molecule has 2 aromatic rings. The predicted octanol–water partition coefficient (Wildman–Crippen LogP) is 4.69. The van der Waals surface area contributed by atoms with E-state index in [-0.39, 0.29) is 17.8 Å². The van der Waals surface area contributed by atoms with Crippen molar-refractivity contribution in [3.8, 4) is 0 Å². The molecular formula is C23H28BrFN2O. The number of halogens is 2. The number of carbonyl (C=O) groups excluding carboxylic acids is 1. The molecule has 0 N–H and O–H groups in total. The van der Waals surface area contributed by atoms with Crippen LogP contribution in [-0.4, -0.2) is 47.9 Å². The van der Waals surface area contributed by atoms with Crippen LogP contribution >= 0.6 is 15.9 Å². The fourth-order valence-corrected chi connectivity index (χ4v) is 4.08. The van der Waals surface area contributed by atoms with E-state index in [9.17, 15) is 9.18 Å². The highest BCUT2D eigenvalue weighted by atomic mass is 79.9. The Morgan fingerprint density at radius 1 is 1.00 bits per heavy atom. The van der Waals surface area contributed by atoms with E-state index in [1.54, 1.807) is 0 Å². The maximum Gasteiger partial charge on any atom is 0.237 e. The third-order valence-electron chi connectivity index (χ3n) is 5.55. The van der Waals surface area contributed by atoms with Crippen molar-refractivity contribution < 1.29 is 9.18 Å². The first kappa shape index (κ1) is 21.0. The smallest absolute Gasteiger partial charge is 0.237 e. The Kier molecular flexibility index (Phi) is 7.63. The molecule has 1 atom stereocenters. The van der Waals surface area contributed by atoms with Gasteiger partial charge in [-0.3, -0.25) is 9.69 Å². The van der Waals surface area contributed by atoms with Crippen molar-refractivity contribution in [3.63, 3.8) is 0 Å². The minimum absolute atomic E-state index is 0.210. The summed E-state index contributed by atoms with van der Waals surface area (Å²) in [6.07, 6.45) is 3.69. The number of amides is 1. The molecule has 1 heterocycles. The van der Waals surface area contributed by atoms with Crippen LogP contribution in [-0.2, 0) is 17.6 Å². The summed E-state index contributed by atoms with van der Waals surface area (Å²) in [6.45, 7) is 5.18. The summed E-state index contributed by atoms with van der Waals surface area (Å²) in [7, 11) is 0. The number of carbonyl (C=O) groups is 1. The zero-order chi connectivity index (χ0) is 19.9. The Labute approximate surface area is 175 Å². The number of nitrogens with zero attached hydrogens (tertiary/aromatic N) is 2. The third kappa shape index (κ3) is 5.89. The molecule has 150 valence electrons. The van der Waals surface area contributed by atoms with E-state index in [2.05, 4.69) is 52.0 Å². The average Bonchev–Trinajstić information content (AvgIpc) is 2.85. The summed E-state index contributed by atoms with van der Waals surface area (Å²) in [5, 5.41) is 0.